The minimum atomic E-state index is -2.50. The van der Waals surface area contributed by atoms with E-state index in [-0.39, 0.29) is 18.4 Å². The number of nitrogens with zero attached hydrogens (tertiary/aromatic N) is 6. The van der Waals surface area contributed by atoms with Crippen LogP contribution in [0.5, 0.6) is 5.75 Å². The van der Waals surface area contributed by atoms with Gasteiger partial charge in [-0.25, -0.2) is 18.7 Å². The molecular weight excluding hydrogens is 927 g/mol. The number of carbonyl (C=O) groups excluding carboxylic acids is 2. The van der Waals surface area contributed by atoms with Crippen LogP contribution in [0.4, 0.5) is 37.6 Å². The van der Waals surface area contributed by atoms with Gasteiger partial charge in [0.25, 0.3) is 0 Å². The average Bonchev–Trinajstić information content (AvgIpc) is 3.76. The third-order valence-electron chi connectivity index (χ3n) is 13.6. The van der Waals surface area contributed by atoms with Crippen LogP contribution in [0.3, 0.4) is 0 Å². The maximum Gasteiger partial charge on any atom is 0.234 e. The molecule has 17 heteroatoms. The van der Waals surface area contributed by atoms with E-state index in [4.69, 9.17) is 14.7 Å². The lowest BCUT2D eigenvalue weighted by molar-refractivity contribution is -0.134. The summed E-state index contributed by atoms with van der Waals surface area (Å²) >= 11 is 3.66. The minimum Gasteiger partial charge on any atom is -0.494 e. The molecule has 9 rings (SSSR count). The topological polar surface area (TPSA) is 148 Å². The number of hydrogen-bond donors (Lipinski definition) is 4. The number of halogens is 3. The van der Waals surface area contributed by atoms with Gasteiger partial charge < -0.3 is 25.2 Å². The van der Waals surface area contributed by atoms with Gasteiger partial charge in [0.2, 0.25) is 17.8 Å². The number of ether oxygens (including phenoxy) is 1. The van der Waals surface area contributed by atoms with Gasteiger partial charge in [-0.05, 0) is 121 Å². The highest BCUT2D eigenvalue weighted by Crippen LogP contribution is 2.59. The summed E-state index contributed by atoms with van der Waals surface area (Å²) < 4.78 is 36.9. The Morgan fingerprint density at radius 1 is 0.924 bits per heavy atom. The summed E-state index contributed by atoms with van der Waals surface area (Å²) in [4.78, 5) is 57.5. The van der Waals surface area contributed by atoms with Crippen LogP contribution in [-0.4, -0.2) is 113 Å². The molecule has 0 bridgehead atoms. The van der Waals surface area contributed by atoms with Crippen molar-refractivity contribution in [3.63, 3.8) is 0 Å². The lowest BCUT2D eigenvalue weighted by Gasteiger charge is -2.43. The average molecular weight is 984 g/mol. The molecule has 4 aliphatic rings. The molecule has 5 aromatic rings. The van der Waals surface area contributed by atoms with E-state index in [0.717, 1.165) is 97.5 Å². The van der Waals surface area contributed by atoms with Crippen molar-refractivity contribution in [3.8, 4) is 5.75 Å². The van der Waals surface area contributed by atoms with Gasteiger partial charge >= 0.3 is 0 Å². The number of piperazine rings is 1. The molecule has 0 aliphatic carbocycles. The SMILES string of the molecule is CCc1cc(Nc2ncc(Br)c(Nc3ccc4nc(C)ccc4c3[P+]3(O)CC=CC3)n2)c(OC)cc1N1CCC(N2CCN(CCc3cc(F)c(C4CCC(=O)NC4=O)c(F)c3)CC2)CC1. The molecule has 3 saturated heterocycles. The summed E-state index contributed by atoms with van der Waals surface area (Å²) in [5, 5.41) is 11.0. The van der Waals surface area contributed by atoms with Gasteiger partial charge in [-0.1, -0.05) is 6.92 Å². The Hall–Kier alpha value is -5.12. The van der Waals surface area contributed by atoms with Crippen molar-refractivity contribution < 1.29 is 28.0 Å². The summed E-state index contributed by atoms with van der Waals surface area (Å²) in [5.41, 5.74) is 6.00. The van der Waals surface area contributed by atoms with Crippen LogP contribution < -0.4 is 30.9 Å². The number of rotatable bonds is 13. The second-order valence-corrected chi connectivity index (χ2v) is 21.6. The maximum absolute atomic E-state index is 15.1. The Kier molecular flexibility index (Phi) is 13.7. The van der Waals surface area contributed by atoms with Crippen LogP contribution in [-0.2, 0) is 22.4 Å². The monoisotopic (exact) mass is 982 g/mol. The van der Waals surface area contributed by atoms with E-state index in [2.05, 4.69) is 88.8 Å². The maximum atomic E-state index is 15.1. The van der Waals surface area contributed by atoms with Crippen molar-refractivity contribution in [1.29, 1.82) is 0 Å². The lowest BCUT2D eigenvalue weighted by Crippen LogP contribution is -2.53. The second kappa shape index (κ2) is 19.6. The largest absolute Gasteiger partial charge is 0.494 e. The van der Waals surface area contributed by atoms with Crippen LogP contribution in [0.1, 0.15) is 60.9 Å². The van der Waals surface area contributed by atoms with Crippen molar-refractivity contribution in [1.82, 2.24) is 30.1 Å². The fourth-order valence-corrected chi connectivity index (χ4v) is 13.0. The Morgan fingerprint density at radius 2 is 1.67 bits per heavy atom. The summed E-state index contributed by atoms with van der Waals surface area (Å²) in [6, 6.07) is 15.4. The first-order chi connectivity index (χ1) is 31.9. The molecule has 2 aromatic heterocycles. The Balaban J connectivity index is 0.813. The molecule has 1 atom stereocenters. The van der Waals surface area contributed by atoms with Gasteiger partial charge in [0.1, 0.15) is 29.7 Å². The number of benzene rings is 3. The number of piperidine rings is 2. The van der Waals surface area contributed by atoms with Crippen LogP contribution >= 0.6 is 23.4 Å². The zero-order chi connectivity index (χ0) is 46.1. The van der Waals surface area contributed by atoms with E-state index in [1.54, 1.807) is 13.3 Å². The first-order valence-electron chi connectivity index (χ1n) is 22.9. The summed E-state index contributed by atoms with van der Waals surface area (Å²) in [6.45, 7) is 10.3. The third kappa shape index (κ3) is 9.66. The number of allylic oxidation sites excluding steroid dienone is 2. The second-order valence-electron chi connectivity index (χ2n) is 17.7. The molecule has 66 heavy (non-hydrogen) atoms. The lowest BCUT2D eigenvalue weighted by atomic mass is 9.89. The number of aromatic nitrogens is 3. The Morgan fingerprint density at radius 3 is 2.36 bits per heavy atom. The summed E-state index contributed by atoms with van der Waals surface area (Å²) in [6.07, 6.45) is 10.7. The third-order valence-corrected chi connectivity index (χ3v) is 17.1. The van der Waals surface area contributed by atoms with Crippen LogP contribution in [0, 0.1) is 18.6 Å². The zero-order valence-corrected chi connectivity index (χ0v) is 40.0. The predicted octanol–water partition coefficient (Wildman–Crippen LogP) is 7.90. The van der Waals surface area contributed by atoms with Crippen molar-refractivity contribution in [3.05, 3.63) is 105 Å². The molecule has 3 aromatic carbocycles. The standard InChI is InChI=1S/C49H55BrF2N9O4P/c1-4-32-27-41(56-49-53-29-36(50)47(58-49)55-40-11-10-39-34(8-7-30(2)54-39)46(40)66(64)23-5-6-24-66)43(65-3)28-42(32)61-17-14-33(15-18-61)60-21-19-59(20-22-60)16-13-31-25-37(51)45(38(52)26-31)35-9-12-44(62)57-48(35)63/h5-8,10-11,25-29,33,35,64H,4,9,12-24H2,1-3H3,(H2-,53,55,56,57,58,62,63)/p+1. The highest BCUT2D eigenvalue weighted by Gasteiger charge is 2.43. The summed E-state index contributed by atoms with van der Waals surface area (Å²) in [7, 11) is -0.826. The van der Waals surface area contributed by atoms with E-state index in [0.29, 0.717) is 58.9 Å². The van der Waals surface area contributed by atoms with Crippen molar-refractivity contribution in [2.45, 2.75) is 64.3 Å². The van der Waals surface area contributed by atoms with Gasteiger partial charge in [0.15, 0.2) is 18.6 Å². The van der Waals surface area contributed by atoms with Crippen LogP contribution in [0.15, 0.2) is 71.4 Å². The van der Waals surface area contributed by atoms with Crippen LogP contribution in [0.25, 0.3) is 10.9 Å². The fourth-order valence-electron chi connectivity index (χ4n) is 10.0. The smallest absolute Gasteiger partial charge is 0.234 e. The Bertz CT molecular complexity index is 2660. The first kappa shape index (κ1) is 46.0. The van der Waals surface area contributed by atoms with E-state index < -0.39 is 36.9 Å². The van der Waals surface area contributed by atoms with E-state index in [1.807, 2.05) is 25.1 Å². The van der Waals surface area contributed by atoms with Crippen molar-refractivity contribution in [2.75, 3.05) is 80.8 Å². The number of aryl methyl sites for hydroxylation is 2. The molecule has 0 spiro atoms. The van der Waals surface area contributed by atoms with Crippen molar-refractivity contribution in [2.24, 2.45) is 0 Å². The number of amides is 2. The molecule has 4 aliphatic heterocycles. The van der Waals surface area contributed by atoms with Gasteiger partial charge in [0.05, 0.1) is 34.4 Å². The zero-order valence-electron chi connectivity index (χ0n) is 37.5. The Labute approximate surface area is 393 Å². The number of pyridine rings is 1. The number of imide groups is 1. The fraction of sp³-hybridized carbons (Fsp3) is 0.408. The normalized spacial score (nSPS) is 19.4. The minimum absolute atomic E-state index is 0.0656. The first-order valence-corrected chi connectivity index (χ1v) is 25.8. The molecule has 6 heterocycles. The molecule has 3 fully saturated rings. The highest BCUT2D eigenvalue weighted by atomic mass is 79.9. The van der Waals surface area contributed by atoms with Gasteiger partial charge in [-0.2, -0.15) is 4.98 Å². The molecule has 1 unspecified atom stereocenters. The number of hydrogen-bond acceptors (Lipinski definition) is 12. The molecular formula is C49H56BrF2N9O4P+. The number of nitrogens with one attached hydrogen (secondary N) is 3. The van der Waals surface area contributed by atoms with Gasteiger partial charge in [-0.3, -0.25) is 24.8 Å². The van der Waals surface area contributed by atoms with E-state index in [1.165, 1.54) is 17.7 Å². The molecule has 2 amide bonds. The highest BCUT2D eigenvalue weighted by molar-refractivity contribution is 9.10. The number of methoxy groups -OCH3 is 1. The van der Waals surface area contributed by atoms with E-state index >= 15 is 8.78 Å². The number of fused-ring (bicyclic) bond motifs is 1. The van der Waals surface area contributed by atoms with E-state index in [9.17, 15) is 14.5 Å². The molecule has 13 nitrogen and oxygen atoms in total. The molecule has 0 radical (unpaired) electrons. The number of anilines is 5. The molecule has 4 N–H and O–H groups in total. The van der Waals surface area contributed by atoms with Crippen molar-refractivity contribution >= 4 is 80.3 Å². The number of carbonyl (C=O) groups is 2. The van der Waals surface area contributed by atoms with Gasteiger partial charge in [0, 0.05) is 92.9 Å². The molecule has 346 valence electrons. The quantitative estimate of drug-likeness (QED) is 0.0517. The van der Waals surface area contributed by atoms with Crippen LogP contribution in [0.2, 0.25) is 0 Å². The van der Waals surface area contributed by atoms with Gasteiger partial charge in [-0.15, -0.1) is 0 Å². The summed E-state index contributed by atoms with van der Waals surface area (Å²) in [5.74, 6) is -1.86. The molecule has 0 saturated carbocycles. The predicted molar refractivity (Wildman–Crippen MR) is 261 cm³/mol.